The van der Waals surface area contributed by atoms with E-state index in [0.717, 1.165) is 9.37 Å². The largest absolute Gasteiger partial charge is 0.480 e. The highest BCUT2D eigenvalue weighted by molar-refractivity contribution is 9.10. The average Bonchev–Trinajstić information content (AvgIpc) is 2.24. The summed E-state index contributed by atoms with van der Waals surface area (Å²) in [6.45, 7) is 8.80. The third-order valence-electron chi connectivity index (χ3n) is 2.62. The summed E-state index contributed by atoms with van der Waals surface area (Å²) in [5, 5.41) is 0. The summed E-state index contributed by atoms with van der Waals surface area (Å²) in [5.41, 5.74) is 0.222. The Morgan fingerprint density at radius 2 is 2.12 bits per heavy atom. The van der Waals surface area contributed by atoms with Crippen molar-refractivity contribution in [1.82, 2.24) is 9.71 Å². The van der Waals surface area contributed by atoms with Crippen LogP contribution in [-0.2, 0) is 0 Å². The van der Waals surface area contributed by atoms with Crippen molar-refractivity contribution >= 4 is 27.9 Å². The van der Waals surface area contributed by atoms with Crippen LogP contribution in [0.5, 0.6) is 5.88 Å². The molecule has 5 heteroatoms. The standard InChI is InChI=1S/C12H19BrN2OS/c1-8(12(2,3)4)15-17-10-6-9(13)7-14-11(10)16-5/h6-8,15H,1-5H3. The molecule has 0 fully saturated rings. The minimum absolute atomic E-state index is 0.222. The second-order valence-corrected chi connectivity index (χ2v) is 6.76. The fourth-order valence-corrected chi connectivity index (χ4v) is 2.51. The van der Waals surface area contributed by atoms with Gasteiger partial charge in [-0.3, -0.25) is 4.72 Å². The lowest BCUT2D eigenvalue weighted by molar-refractivity contribution is 0.324. The Kier molecular flexibility index (Phi) is 5.28. The van der Waals surface area contributed by atoms with Crippen LogP contribution in [-0.4, -0.2) is 18.1 Å². The molecule has 0 aliphatic rings. The molecule has 1 rings (SSSR count). The Morgan fingerprint density at radius 1 is 1.47 bits per heavy atom. The van der Waals surface area contributed by atoms with Gasteiger partial charge in [0.25, 0.3) is 0 Å². The molecule has 0 saturated carbocycles. The molecular formula is C12H19BrN2OS. The van der Waals surface area contributed by atoms with Gasteiger partial charge >= 0.3 is 0 Å². The number of hydrogen-bond donors (Lipinski definition) is 1. The van der Waals surface area contributed by atoms with Crippen LogP contribution in [0.2, 0.25) is 0 Å². The van der Waals surface area contributed by atoms with Crippen LogP contribution in [0, 0.1) is 5.41 Å². The molecule has 1 aromatic heterocycles. The van der Waals surface area contributed by atoms with Crippen LogP contribution >= 0.6 is 27.9 Å². The van der Waals surface area contributed by atoms with Gasteiger partial charge in [-0.05, 0) is 46.3 Å². The predicted octanol–water partition coefficient (Wildman–Crippen LogP) is 3.88. The topological polar surface area (TPSA) is 34.1 Å². The first-order chi connectivity index (χ1) is 7.84. The van der Waals surface area contributed by atoms with E-state index in [2.05, 4.69) is 53.3 Å². The van der Waals surface area contributed by atoms with Crippen LogP contribution in [0.15, 0.2) is 21.6 Å². The molecule has 0 aliphatic heterocycles. The van der Waals surface area contributed by atoms with Crippen molar-refractivity contribution in [1.29, 1.82) is 0 Å². The molecule has 0 spiro atoms. The molecule has 1 unspecified atom stereocenters. The average molecular weight is 319 g/mol. The van der Waals surface area contributed by atoms with Crippen molar-refractivity contribution in [3.8, 4) is 5.88 Å². The molecule has 3 nitrogen and oxygen atoms in total. The van der Waals surface area contributed by atoms with E-state index in [0.29, 0.717) is 11.9 Å². The summed E-state index contributed by atoms with van der Waals surface area (Å²) in [7, 11) is 1.63. The van der Waals surface area contributed by atoms with Crippen molar-refractivity contribution in [2.45, 2.75) is 38.6 Å². The summed E-state index contributed by atoms with van der Waals surface area (Å²) in [5.74, 6) is 0.645. The zero-order chi connectivity index (χ0) is 13.1. The summed E-state index contributed by atoms with van der Waals surface area (Å²) >= 11 is 4.97. The zero-order valence-electron chi connectivity index (χ0n) is 10.9. The fourth-order valence-electron chi connectivity index (χ4n) is 0.963. The number of hydrogen-bond acceptors (Lipinski definition) is 4. The molecule has 1 atom stereocenters. The minimum atomic E-state index is 0.222. The first kappa shape index (κ1) is 14.8. The maximum atomic E-state index is 5.23. The molecule has 0 bridgehead atoms. The van der Waals surface area contributed by atoms with Crippen molar-refractivity contribution in [3.63, 3.8) is 0 Å². The Labute approximate surface area is 116 Å². The highest BCUT2D eigenvalue weighted by Gasteiger charge is 2.20. The second kappa shape index (κ2) is 6.07. The summed E-state index contributed by atoms with van der Waals surface area (Å²) in [6.07, 6.45) is 1.73. The smallest absolute Gasteiger partial charge is 0.228 e. The summed E-state index contributed by atoms with van der Waals surface area (Å²) < 4.78 is 9.59. The monoisotopic (exact) mass is 318 g/mol. The van der Waals surface area contributed by atoms with E-state index >= 15 is 0 Å². The number of nitrogens with zero attached hydrogens (tertiary/aromatic N) is 1. The lowest BCUT2D eigenvalue weighted by Crippen LogP contribution is -2.33. The van der Waals surface area contributed by atoms with Crippen LogP contribution in [0.4, 0.5) is 0 Å². The number of rotatable bonds is 4. The molecule has 1 heterocycles. The minimum Gasteiger partial charge on any atom is -0.480 e. The van der Waals surface area contributed by atoms with E-state index < -0.39 is 0 Å². The molecule has 0 aromatic carbocycles. The van der Waals surface area contributed by atoms with E-state index in [1.165, 1.54) is 0 Å². The lowest BCUT2D eigenvalue weighted by atomic mass is 9.89. The van der Waals surface area contributed by atoms with Gasteiger partial charge < -0.3 is 4.74 Å². The molecule has 0 amide bonds. The van der Waals surface area contributed by atoms with Gasteiger partial charge in [0.2, 0.25) is 5.88 Å². The number of ether oxygens (including phenoxy) is 1. The molecule has 17 heavy (non-hydrogen) atoms. The van der Waals surface area contributed by atoms with Crippen molar-refractivity contribution in [3.05, 3.63) is 16.7 Å². The van der Waals surface area contributed by atoms with E-state index in [9.17, 15) is 0 Å². The quantitative estimate of drug-likeness (QED) is 0.854. The van der Waals surface area contributed by atoms with E-state index in [1.807, 2.05) is 6.07 Å². The van der Waals surface area contributed by atoms with Crippen LogP contribution in [0.1, 0.15) is 27.7 Å². The third kappa shape index (κ3) is 4.48. The molecule has 1 N–H and O–H groups in total. The van der Waals surface area contributed by atoms with E-state index in [-0.39, 0.29) is 5.41 Å². The van der Waals surface area contributed by atoms with Gasteiger partial charge in [-0.15, -0.1) is 0 Å². The van der Waals surface area contributed by atoms with Gasteiger partial charge in [-0.2, -0.15) is 0 Å². The Bertz CT molecular complexity index is 379. The SMILES string of the molecule is COc1ncc(Br)cc1SNC(C)C(C)(C)C. The maximum absolute atomic E-state index is 5.23. The number of nitrogens with one attached hydrogen (secondary N) is 1. The van der Waals surface area contributed by atoms with Gasteiger partial charge in [0.15, 0.2) is 0 Å². The number of aromatic nitrogens is 1. The molecule has 0 aliphatic carbocycles. The third-order valence-corrected chi connectivity index (χ3v) is 4.04. The summed E-state index contributed by atoms with van der Waals surface area (Å²) in [4.78, 5) is 5.19. The van der Waals surface area contributed by atoms with Gasteiger partial charge in [0.05, 0.1) is 12.0 Å². The van der Waals surface area contributed by atoms with Crippen LogP contribution < -0.4 is 9.46 Å². The van der Waals surface area contributed by atoms with Crippen molar-refractivity contribution in [2.75, 3.05) is 7.11 Å². The maximum Gasteiger partial charge on any atom is 0.228 e. The number of pyridine rings is 1. The molecule has 1 aromatic rings. The Morgan fingerprint density at radius 3 is 2.65 bits per heavy atom. The molecule has 0 radical (unpaired) electrons. The molecule has 96 valence electrons. The first-order valence-corrected chi connectivity index (χ1v) is 7.07. The first-order valence-electron chi connectivity index (χ1n) is 5.46. The Balaban J connectivity index is 2.72. The number of methoxy groups -OCH3 is 1. The number of halogens is 1. The van der Waals surface area contributed by atoms with Gasteiger partial charge in [-0.25, -0.2) is 4.98 Å². The predicted molar refractivity (Wildman–Crippen MR) is 76.4 cm³/mol. The second-order valence-electron chi connectivity index (χ2n) is 4.97. The van der Waals surface area contributed by atoms with Crippen molar-refractivity contribution in [2.24, 2.45) is 5.41 Å². The Hall–Kier alpha value is -0.260. The van der Waals surface area contributed by atoms with Gasteiger partial charge in [0, 0.05) is 16.7 Å². The van der Waals surface area contributed by atoms with Crippen molar-refractivity contribution < 1.29 is 4.74 Å². The van der Waals surface area contributed by atoms with Crippen LogP contribution in [0.25, 0.3) is 0 Å². The van der Waals surface area contributed by atoms with E-state index in [1.54, 1.807) is 25.3 Å². The highest BCUT2D eigenvalue weighted by atomic mass is 79.9. The molecular weight excluding hydrogens is 300 g/mol. The van der Waals surface area contributed by atoms with E-state index in [4.69, 9.17) is 4.74 Å². The highest BCUT2D eigenvalue weighted by Crippen LogP contribution is 2.30. The summed E-state index contributed by atoms with van der Waals surface area (Å²) in [6, 6.07) is 2.38. The van der Waals surface area contributed by atoms with Gasteiger partial charge in [-0.1, -0.05) is 20.8 Å². The lowest BCUT2D eigenvalue weighted by Gasteiger charge is -2.27. The molecule has 0 saturated heterocycles. The zero-order valence-corrected chi connectivity index (χ0v) is 13.3. The van der Waals surface area contributed by atoms with Crippen LogP contribution in [0.3, 0.4) is 0 Å². The normalized spacial score (nSPS) is 13.5. The fraction of sp³-hybridized carbons (Fsp3) is 0.583. The van der Waals surface area contributed by atoms with Gasteiger partial charge in [0.1, 0.15) is 0 Å².